The minimum Gasteiger partial charge on any atom is -0.497 e. The van der Waals surface area contributed by atoms with Crippen LogP contribution >= 0.6 is 11.8 Å². The van der Waals surface area contributed by atoms with Gasteiger partial charge >= 0.3 is 0 Å². The first-order valence-corrected chi connectivity index (χ1v) is 12.0. The lowest BCUT2D eigenvalue weighted by Crippen LogP contribution is -2.36. The van der Waals surface area contributed by atoms with Crippen LogP contribution in [0.1, 0.15) is 38.1 Å². The Morgan fingerprint density at radius 3 is 2.62 bits per heavy atom. The molecular weight excluding hydrogens is 452 g/mol. The van der Waals surface area contributed by atoms with Crippen molar-refractivity contribution >= 4 is 23.4 Å². The first kappa shape index (κ1) is 23.8. The number of fused-ring (bicyclic) bond motifs is 3. The van der Waals surface area contributed by atoms with Gasteiger partial charge in [0, 0.05) is 18.2 Å². The van der Waals surface area contributed by atoms with Crippen LogP contribution in [0, 0.1) is 12.8 Å². The second kappa shape index (κ2) is 9.89. The van der Waals surface area contributed by atoms with E-state index in [1.54, 1.807) is 37.3 Å². The Balaban J connectivity index is 1.94. The van der Waals surface area contributed by atoms with Crippen LogP contribution in [0.25, 0.3) is 11.3 Å². The van der Waals surface area contributed by atoms with E-state index >= 15 is 0 Å². The molecule has 8 nitrogen and oxygen atoms in total. The average Bonchev–Trinajstić information content (AvgIpc) is 2.96. The fourth-order valence-electron chi connectivity index (χ4n) is 3.76. The van der Waals surface area contributed by atoms with Crippen molar-refractivity contribution in [3.8, 4) is 28.6 Å². The molecule has 1 atom stereocenters. The van der Waals surface area contributed by atoms with Gasteiger partial charge in [0.05, 0.1) is 25.5 Å². The van der Waals surface area contributed by atoms with Gasteiger partial charge in [-0.3, -0.25) is 9.69 Å². The van der Waals surface area contributed by atoms with Crippen LogP contribution < -0.4 is 19.1 Å². The lowest BCUT2D eigenvalue weighted by Gasteiger charge is -2.31. The molecule has 178 valence electrons. The van der Waals surface area contributed by atoms with Crippen molar-refractivity contribution in [3.05, 3.63) is 47.5 Å². The number of carbonyl (C=O) groups excluding carboxylic acids is 1. The average molecular weight is 481 g/mol. The highest BCUT2D eigenvalue weighted by Gasteiger charge is 2.36. The molecule has 0 spiro atoms. The summed E-state index contributed by atoms with van der Waals surface area (Å²) in [5.74, 6) is 2.61. The van der Waals surface area contributed by atoms with Crippen molar-refractivity contribution < 1.29 is 19.0 Å². The predicted octanol–water partition coefficient (Wildman–Crippen LogP) is 5.06. The highest BCUT2D eigenvalue weighted by atomic mass is 32.2. The summed E-state index contributed by atoms with van der Waals surface area (Å²) in [6.45, 7) is 7.76. The Morgan fingerprint density at radius 1 is 1.15 bits per heavy atom. The molecule has 4 rings (SSSR count). The zero-order valence-electron chi connectivity index (χ0n) is 20.2. The van der Waals surface area contributed by atoms with Crippen LogP contribution in [0.4, 0.5) is 5.69 Å². The van der Waals surface area contributed by atoms with Gasteiger partial charge in [0.1, 0.15) is 11.5 Å². The third kappa shape index (κ3) is 4.65. The summed E-state index contributed by atoms with van der Waals surface area (Å²) in [5.41, 5.74) is 3.53. The zero-order chi connectivity index (χ0) is 24.4. The summed E-state index contributed by atoms with van der Waals surface area (Å²) in [5, 5.41) is 9.34. The number of hydrogen-bond donors (Lipinski definition) is 0. The molecule has 0 unspecified atom stereocenters. The van der Waals surface area contributed by atoms with E-state index in [0.717, 1.165) is 16.9 Å². The molecule has 1 aliphatic rings. The lowest BCUT2D eigenvalue weighted by molar-refractivity contribution is -0.118. The van der Waals surface area contributed by atoms with E-state index in [4.69, 9.17) is 19.2 Å². The Labute approximate surface area is 203 Å². The number of aromatic nitrogens is 3. The van der Waals surface area contributed by atoms with E-state index in [0.29, 0.717) is 45.4 Å². The second-order valence-electron chi connectivity index (χ2n) is 8.44. The fourth-order valence-corrected chi connectivity index (χ4v) is 4.48. The summed E-state index contributed by atoms with van der Waals surface area (Å²) in [4.78, 5) is 19.3. The molecule has 0 aliphatic carbocycles. The third-order valence-corrected chi connectivity index (χ3v) is 6.61. The van der Waals surface area contributed by atoms with Gasteiger partial charge in [0.15, 0.2) is 5.69 Å². The molecule has 0 fully saturated rings. The van der Waals surface area contributed by atoms with Crippen molar-refractivity contribution in [2.45, 2.75) is 39.1 Å². The van der Waals surface area contributed by atoms with E-state index in [2.05, 4.69) is 24.0 Å². The smallest absolute Gasteiger partial charge is 0.247 e. The first-order valence-electron chi connectivity index (χ1n) is 11.0. The Bertz CT molecular complexity index is 1220. The molecular formula is C25H28N4O4S. The summed E-state index contributed by atoms with van der Waals surface area (Å²) >= 11 is 1.52. The molecule has 0 N–H and O–H groups in total. The molecule has 0 radical (unpaired) electrons. The van der Waals surface area contributed by atoms with Crippen molar-refractivity contribution in [3.63, 3.8) is 0 Å². The standard InChI is InChI=1S/C25H28N4O4S/c1-14(2)13-34-25-26-23-22(27-28-25)18-11-15(3)7-9-20(18)29(16(4)30)24(33-23)19-12-17(31-5)8-10-21(19)32-6/h7-12,14,24H,13H2,1-6H3/t24-/m0/s1. The number of ether oxygens (including phenoxy) is 3. The van der Waals surface area contributed by atoms with Crippen LogP contribution in [0.3, 0.4) is 0 Å². The Hall–Kier alpha value is -3.33. The highest BCUT2D eigenvalue weighted by molar-refractivity contribution is 7.99. The van der Waals surface area contributed by atoms with Gasteiger partial charge in [-0.2, -0.15) is 4.98 Å². The third-order valence-electron chi connectivity index (χ3n) is 5.35. The van der Waals surface area contributed by atoms with Crippen molar-refractivity contribution in [1.82, 2.24) is 15.2 Å². The second-order valence-corrected chi connectivity index (χ2v) is 9.43. The first-order chi connectivity index (χ1) is 16.3. The number of anilines is 1. The van der Waals surface area contributed by atoms with Gasteiger partial charge in [-0.05, 0) is 43.2 Å². The van der Waals surface area contributed by atoms with Crippen LogP contribution in [-0.4, -0.2) is 41.1 Å². The number of benzene rings is 2. The molecule has 0 bridgehead atoms. The van der Waals surface area contributed by atoms with Gasteiger partial charge in [0.25, 0.3) is 0 Å². The van der Waals surface area contributed by atoms with E-state index < -0.39 is 6.23 Å². The molecule has 2 heterocycles. The summed E-state index contributed by atoms with van der Waals surface area (Å²) < 4.78 is 17.5. The minimum absolute atomic E-state index is 0.199. The highest BCUT2D eigenvalue weighted by Crippen LogP contribution is 2.45. The largest absolute Gasteiger partial charge is 0.497 e. The lowest BCUT2D eigenvalue weighted by atomic mass is 10.0. The van der Waals surface area contributed by atoms with E-state index in [-0.39, 0.29) is 5.91 Å². The van der Waals surface area contributed by atoms with Gasteiger partial charge < -0.3 is 14.2 Å². The minimum atomic E-state index is -0.857. The zero-order valence-corrected chi connectivity index (χ0v) is 21.0. The molecule has 34 heavy (non-hydrogen) atoms. The molecule has 9 heteroatoms. The van der Waals surface area contributed by atoms with Crippen LogP contribution in [0.2, 0.25) is 0 Å². The number of thioether (sulfide) groups is 1. The summed E-state index contributed by atoms with van der Waals surface area (Å²) in [6.07, 6.45) is -0.857. The van der Waals surface area contributed by atoms with Gasteiger partial charge in [0.2, 0.25) is 23.2 Å². The van der Waals surface area contributed by atoms with E-state index in [1.807, 2.05) is 25.1 Å². The maximum atomic E-state index is 13.0. The summed E-state index contributed by atoms with van der Waals surface area (Å²) in [6, 6.07) is 11.2. The molecule has 1 aromatic heterocycles. The van der Waals surface area contributed by atoms with Gasteiger partial charge in [-0.15, -0.1) is 10.2 Å². The molecule has 3 aromatic rings. The molecule has 2 aromatic carbocycles. The quantitative estimate of drug-likeness (QED) is 0.453. The Morgan fingerprint density at radius 2 is 1.94 bits per heavy atom. The van der Waals surface area contributed by atoms with Crippen molar-refractivity contribution in [2.75, 3.05) is 24.9 Å². The number of methoxy groups -OCH3 is 2. The van der Waals surface area contributed by atoms with Crippen LogP contribution in [-0.2, 0) is 4.79 Å². The van der Waals surface area contributed by atoms with Crippen molar-refractivity contribution in [1.29, 1.82) is 0 Å². The normalized spacial score (nSPS) is 14.7. The molecule has 0 saturated heterocycles. The number of aryl methyl sites for hydroxylation is 1. The maximum Gasteiger partial charge on any atom is 0.247 e. The summed E-state index contributed by atoms with van der Waals surface area (Å²) in [7, 11) is 3.17. The SMILES string of the molecule is COc1ccc(OC)c([C@@H]2Oc3nc(SCC(C)C)nnc3-c3cc(C)ccc3N2C(C)=O)c1. The van der Waals surface area contributed by atoms with Gasteiger partial charge in [-0.25, -0.2) is 0 Å². The fraction of sp³-hybridized carbons (Fsp3) is 0.360. The maximum absolute atomic E-state index is 13.0. The number of amides is 1. The van der Waals surface area contributed by atoms with Crippen LogP contribution in [0.15, 0.2) is 41.6 Å². The number of nitrogens with zero attached hydrogens (tertiary/aromatic N) is 4. The number of carbonyl (C=O) groups is 1. The van der Waals surface area contributed by atoms with E-state index in [9.17, 15) is 4.79 Å². The monoisotopic (exact) mass is 480 g/mol. The Kier molecular flexibility index (Phi) is 6.92. The number of hydrogen-bond acceptors (Lipinski definition) is 8. The molecule has 1 amide bonds. The van der Waals surface area contributed by atoms with Crippen molar-refractivity contribution in [2.24, 2.45) is 5.92 Å². The molecule has 0 saturated carbocycles. The van der Waals surface area contributed by atoms with Gasteiger partial charge in [-0.1, -0.05) is 37.2 Å². The predicted molar refractivity (Wildman–Crippen MR) is 132 cm³/mol. The van der Waals surface area contributed by atoms with Crippen LogP contribution in [0.5, 0.6) is 17.4 Å². The number of rotatable bonds is 6. The topological polar surface area (TPSA) is 86.7 Å². The van der Waals surface area contributed by atoms with E-state index in [1.165, 1.54) is 18.7 Å². The molecule has 1 aliphatic heterocycles.